The topological polar surface area (TPSA) is 40.5 Å². The Hall–Kier alpha value is -0.0800. The fraction of sp³-hybridized carbons (Fsp3) is 1.00. The Morgan fingerprint density at radius 1 is 1.29 bits per heavy atom. The fourth-order valence-electron chi connectivity index (χ4n) is 4.04. The van der Waals surface area contributed by atoms with E-state index >= 15 is 0 Å². The van der Waals surface area contributed by atoms with Gasteiger partial charge in [-0.15, -0.1) is 0 Å². The van der Waals surface area contributed by atoms with Crippen LogP contribution in [-0.2, 0) is 0 Å². The van der Waals surface area contributed by atoms with E-state index in [1.807, 2.05) is 0 Å². The molecule has 14 heavy (non-hydrogen) atoms. The summed E-state index contributed by atoms with van der Waals surface area (Å²) < 4.78 is 0. The summed E-state index contributed by atoms with van der Waals surface area (Å²) in [6, 6.07) is 0. The van der Waals surface area contributed by atoms with Crippen molar-refractivity contribution in [2.24, 2.45) is 22.7 Å². The highest BCUT2D eigenvalue weighted by atomic mass is 16.3. The zero-order valence-corrected chi connectivity index (χ0v) is 9.45. The van der Waals surface area contributed by atoms with Crippen molar-refractivity contribution >= 4 is 0 Å². The van der Waals surface area contributed by atoms with Crippen LogP contribution in [0.1, 0.15) is 40.0 Å². The molecule has 82 valence electrons. The lowest BCUT2D eigenvalue weighted by molar-refractivity contribution is -0.0154. The third kappa shape index (κ3) is 0.989. The van der Waals surface area contributed by atoms with E-state index in [0.717, 1.165) is 12.8 Å². The minimum absolute atomic E-state index is 0.0809. The number of aliphatic hydroxyl groups is 2. The van der Waals surface area contributed by atoms with Gasteiger partial charge in [0.05, 0.1) is 6.10 Å². The van der Waals surface area contributed by atoms with Gasteiger partial charge in [-0.1, -0.05) is 20.8 Å². The maximum absolute atomic E-state index is 10.3. The fourth-order valence-corrected chi connectivity index (χ4v) is 4.04. The van der Waals surface area contributed by atoms with Crippen LogP contribution in [0.5, 0.6) is 0 Å². The molecule has 2 fully saturated rings. The van der Waals surface area contributed by atoms with Crippen molar-refractivity contribution in [3.8, 4) is 0 Å². The van der Waals surface area contributed by atoms with Crippen molar-refractivity contribution < 1.29 is 10.2 Å². The van der Waals surface area contributed by atoms with E-state index in [2.05, 4.69) is 20.8 Å². The van der Waals surface area contributed by atoms with Crippen LogP contribution in [0.4, 0.5) is 0 Å². The molecule has 2 N–H and O–H groups in total. The normalized spacial score (nSPS) is 49.9. The maximum atomic E-state index is 10.3. The van der Waals surface area contributed by atoms with Crippen molar-refractivity contribution in [2.75, 3.05) is 6.61 Å². The van der Waals surface area contributed by atoms with Crippen LogP contribution in [-0.4, -0.2) is 22.9 Å². The molecule has 0 aromatic carbocycles. The summed E-state index contributed by atoms with van der Waals surface area (Å²) in [4.78, 5) is 0. The molecular formula is C12H22O2. The molecular weight excluding hydrogens is 176 g/mol. The van der Waals surface area contributed by atoms with Crippen LogP contribution in [0.15, 0.2) is 0 Å². The van der Waals surface area contributed by atoms with Crippen LogP contribution in [0.2, 0.25) is 0 Å². The Morgan fingerprint density at radius 2 is 1.93 bits per heavy atom. The summed E-state index contributed by atoms with van der Waals surface area (Å²) >= 11 is 0. The summed E-state index contributed by atoms with van der Waals surface area (Å²) in [6.07, 6.45) is 2.94. The molecule has 0 radical (unpaired) electrons. The standard InChI is InChI=1S/C12H22O2/c1-11(2)9-4-6-12(11,3)10(14)8(9)5-7-13/h8-10,13-14H,4-7H2,1-3H3/t8-,9+,10-,12+/m1/s1. The molecule has 2 aliphatic carbocycles. The van der Waals surface area contributed by atoms with E-state index in [0.29, 0.717) is 11.8 Å². The molecule has 0 spiro atoms. The van der Waals surface area contributed by atoms with Gasteiger partial charge in [0, 0.05) is 6.61 Å². The van der Waals surface area contributed by atoms with Gasteiger partial charge in [0.15, 0.2) is 0 Å². The van der Waals surface area contributed by atoms with Gasteiger partial charge < -0.3 is 10.2 Å². The SMILES string of the molecule is CC1(C)[C@H]2CC[C@@]1(C)[C@H](O)[C@@H]2CCO. The van der Waals surface area contributed by atoms with E-state index < -0.39 is 0 Å². The van der Waals surface area contributed by atoms with Crippen LogP contribution < -0.4 is 0 Å². The molecule has 0 unspecified atom stereocenters. The first-order valence-electron chi connectivity index (χ1n) is 5.74. The first-order valence-corrected chi connectivity index (χ1v) is 5.74. The first kappa shape index (κ1) is 10.4. The van der Waals surface area contributed by atoms with E-state index in [9.17, 15) is 5.11 Å². The highest BCUT2D eigenvalue weighted by molar-refractivity contribution is 5.14. The van der Waals surface area contributed by atoms with Gasteiger partial charge >= 0.3 is 0 Å². The van der Waals surface area contributed by atoms with E-state index in [1.54, 1.807) is 0 Å². The van der Waals surface area contributed by atoms with Crippen LogP contribution in [0.3, 0.4) is 0 Å². The smallest absolute Gasteiger partial charge is 0.0630 e. The molecule has 2 heteroatoms. The Labute approximate surface area is 86.3 Å². The number of fused-ring (bicyclic) bond motifs is 2. The van der Waals surface area contributed by atoms with Gasteiger partial charge in [-0.25, -0.2) is 0 Å². The van der Waals surface area contributed by atoms with Crippen molar-refractivity contribution in [2.45, 2.75) is 46.1 Å². The summed E-state index contributed by atoms with van der Waals surface area (Å²) in [6.45, 7) is 7.00. The minimum atomic E-state index is -0.205. The van der Waals surface area contributed by atoms with Crippen molar-refractivity contribution in [3.63, 3.8) is 0 Å². The maximum Gasteiger partial charge on any atom is 0.0630 e. The first-order chi connectivity index (χ1) is 6.45. The van der Waals surface area contributed by atoms with Gasteiger partial charge in [0.1, 0.15) is 0 Å². The molecule has 0 aliphatic heterocycles. The summed E-state index contributed by atoms with van der Waals surface area (Å²) in [5.41, 5.74) is 0.323. The quantitative estimate of drug-likeness (QED) is 0.710. The number of hydrogen-bond donors (Lipinski definition) is 2. The monoisotopic (exact) mass is 198 g/mol. The average molecular weight is 198 g/mol. The van der Waals surface area contributed by atoms with Crippen LogP contribution >= 0.6 is 0 Å². The lowest BCUT2D eigenvalue weighted by Crippen LogP contribution is -2.37. The Morgan fingerprint density at radius 3 is 2.36 bits per heavy atom. The summed E-state index contributed by atoms with van der Waals surface area (Å²) in [5, 5.41) is 19.3. The number of hydrogen-bond acceptors (Lipinski definition) is 2. The van der Waals surface area contributed by atoms with Crippen molar-refractivity contribution in [3.05, 3.63) is 0 Å². The lowest BCUT2D eigenvalue weighted by atomic mass is 9.70. The van der Waals surface area contributed by atoms with Gasteiger partial charge in [-0.3, -0.25) is 0 Å². The second kappa shape index (κ2) is 2.96. The highest BCUT2D eigenvalue weighted by Crippen LogP contribution is 2.68. The van der Waals surface area contributed by atoms with Crippen LogP contribution in [0, 0.1) is 22.7 Å². The second-order valence-corrected chi connectivity index (χ2v) is 5.91. The van der Waals surface area contributed by atoms with Crippen molar-refractivity contribution in [1.29, 1.82) is 0 Å². The Kier molecular flexibility index (Phi) is 2.20. The van der Waals surface area contributed by atoms with E-state index in [-0.39, 0.29) is 23.5 Å². The summed E-state index contributed by atoms with van der Waals surface area (Å²) in [7, 11) is 0. The minimum Gasteiger partial charge on any atom is -0.396 e. The third-order valence-corrected chi connectivity index (χ3v) is 5.41. The molecule has 4 atom stereocenters. The average Bonchev–Trinajstić information content (AvgIpc) is 2.41. The number of rotatable bonds is 2. The third-order valence-electron chi connectivity index (χ3n) is 5.41. The van der Waals surface area contributed by atoms with Gasteiger partial charge in [0.25, 0.3) is 0 Å². The predicted molar refractivity (Wildman–Crippen MR) is 55.8 cm³/mol. The summed E-state index contributed by atoms with van der Waals surface area (Å²) in [5.74, 6) is 0.934. The van der Waals surface area contributed by atoms with E-state index in [1.165, 1.54) is 6.42 Å². The zero-order valence-electron chi connectivity index (χ0n) is 9.45. The molecule has 2 bridgehead atoms. The zero-order chi connectivity index (χ0) is 10.6. The van der Waals surface area contributed by atoms with Gasteiger partial charge in [0.2, 0.25) is 0 Å². The largest absolute Gasteiger partial charge is 0.396 e. The molecule has 2 rings (SSSR count). The highest BCUT2D eigenvalue weighted by Gasteiger charge is 2.65. The van der Waals surface area contributed by atoms with E-state index in [4.69, 9.17) is 5.11 Å². The molecule has 0 aromatic heterocycles. The predicted octanol–water partition coefficient (Wildman–Crippen LogP) is 1.80. The van der Waals surface area contributed by atoms with Gasteiger partial charge in [-0.2, -0.15) is 0 Å². The molecule has 2 nitrogen and oxygen atoms in total. The molecule has 0 amide bonds. The number of aliphatic hydroxyl groups excluding tert-OH is 2. The molecule has 2 aliphatic rings. The second-order valence-electron chi connectivity index (χ2n) is 5.91. The Bertz CT molecular complexity index is 236. The van der Waals surface area contributed by atoms with Crippen LogP contribution in [0.25, 0.3) is 0 Å². The Balaban J connectivity index is 2.29. The van der Waals surface area contributed by atoms with Gasteiger partial charge in [-0.05, 0) is 41.9 Å². The molecule has 0 heterocycles. The van der Waals surface area contributed by atoms with Crippen molar-refractivity contribution in [1.82, 2.24) is 0 Å². The lowest BCUT2D eigenvalue weighted by Gasteiger charge is -2.37. The molecule has 0 saturated heterocycles. The molecule has 0 aromatic rings. The molecule has 2 saturated carbocycles.